The Kier molecular flexibility index (Phi) is 6.77. The molecule has 0 fully saturated rings. The van der Waals surface area contributed by atoms with Crippen LogP contribution in [-0.4, -0.2) is 26.1 Å². The smallest absolute Gasteiger partial charge is 0.173 e. The van der Waals surface area contributed by atoms with Crippen molar-refractivity contribution in [3.63, 3.8) is 0 Å². The Labute approximate surface area is 203 Å². The second kappa shape index (κ2) is 10.4. The van der Waals surface area contributed by atoms with Crippen molar-refractivity contribution in [1.29, 1.82) is 0 Å². The molecular weight excluding hydrogens is 438 g/mol. The molecule has 6 heteroatoms. The van der Waals surface area contributed by atoms with Gasteiger partial charge in [0, 0.05) is 13.6 Å². The van der Waals surface area contributed by atoms with Gasteiger partial charge in [-0.1, -0.05) is 72.8 Å². The fourth-order valence-corrected chi connectivity index (χ4v) is 4.66. The van der Waals surface area contributed by atoms with Crippen LogP contribution >= 0.6 is 11.3 Å². The minimum atomic E-state index is 0.742. The fraction of sp³-hybridized carbons (Fsp3) is 0.179. The minimum Gasteiger partial charge on any atom is -0.368 e. The highest BCUT2D eigenvalue weighted by molar-refractivity contribution is 7.13. The summed E-state index contributed by atoms with van der Waals surface area (Å²) >= 11 is 1.65. The minimum absolute atomic E-state index is 0.742. The van der Waals surface area contributed by atoms with Gasteiger partial charge in [0.1, 0.15) is 5.52 Å². The van der Waals surface area contributed by atoms with Crippen LogP contribution in [0, 0.1) is 0 Å². The van der Waals surface area contributed by atoms with Crippen molar-refractivity contribution >= 4 is 33.9 Å². The number of rotatable bonds is 9. The third-order valence-corrected chi connectivity index (χ3v) is 6.61. The van der Waals surface area contributed by atoms with Crippen molar-refractivity contribution in [1.82, 2.24) is 19.5 Å². The van der Waals surface area contributed by atoms with Gasteiger partial charge in [-0.05, 0) is 47.4 Å². The molecule has 0 atom stereocenters. The molecule has 0 spiro atoms. The molecular formula is C28H27N5S. The summed E-state index contributed by atoms with van der Waals surface area (Å²) in [4.78, 5) is 15.1. The van der Waals surface area contributed by atoms with E-state index in [2.05, 4.69) is 83.1 Å². The first-order chi connectivity index (χ1) is 16.8. The Balaban J connectivity index is 1.25. The number of allylic oxidation sites excluding steroid dienone is 1. The molecule has 0 aliphatic carbocycles. The third kappa shape index (κ3) is 4.92. The number of hydrogen-bond donors (Lipinski definition) is 1. The summed E-state index contributed by atoms with van der Waals surface area (Å²) in [6.07, 6.45) is 7.30. The number of benzene rings is 2. The summed E-state index contributed by atoms with van der Waals surface area (Å²) in [6, 6.07) is 25.3. The van der Waals surface area contributed by atoms with Gasteiger partial charge in [0.2, 0.25) is 0 Å². The topological polar surface area (TPSA) is 55.6 Å². The molecule has 2 aromatic carbocycles. The van der Waals surface area contributed by atoms with Crippen LogP contribution in [0.5, 0.6) is 0 Å². The predicted octanol–water partition coefficient (Wildman–Crippen LogP) is 6.81. The number of nitrogens with one attached hydrogen (secondary N) is 1. The lowest BCUT2D eigenvalue weighted by molar-refractivity contribution is 0.777. The lowest BCUT2D eigenvalue weighted by atomic mass is 9.96. The molecule has 0 amide bonds. The molecule has 0 aliphatic heterocycles. The fourth-order valence-electron chi connectivity index (χ4n) is 4.01. The van der Waals surface area contributed by atoms with E-state index in [4.69, 9.17) is 9.97 Å². The van der Waals surface area contributed by atoms with Crippen LogP contribution in [0.4, 0.5) is 5.82 Å². The number of fused-ring (bicyclic) bond motifs is 1. The van der Waals surface area contributed by atoms with E-state index in [1.807, 2.05) is 23.1 Å². The molecule has 5 rings (SSSR count). The van der Waals surface area contributed by atoms with Gasteiger partial charge in [0.25, 0.3) is 0 Å². The van der Waals surface area contributed by atoms with Crippen LogP contribution < -0.4 is 5.32 Å². The number of aryl methyl sites for hydroxylation is 1. The number of nitrogens with zero attached hydrogens (tertiary/aromatic N) is 4. The molecule has 1 N–H and O–H groups in total. The van der Waals surface area contributed by atoms with Crippen LogP contribution in [0.25, 0.3) is 27.4 Å². The molecule has 0 bridgehead atoms. The molecule has 5 aromatic rings. The highest BCUT2D eigenvalue weighted by Gasteiger charge is 2.13. The van der Waals surface area contributed by atoms with Crippen LogP contribution in [0.3, 0.4) is 0 Å². The van der Waals surface area contributed by atoms with Crippen LogP contribution in [0.2, 0.25) is 0 Å². The van der Waals surface area contributed by atoms with Gasteiger partial charge in [-0.2, -0.15) is 0 Å². The van der Waals surface area contributed by atoms with Gasteiger partial charge in [-0.3, -0.25) is 0 Å². The van der Waals surface area contributed by atoms with Crippen molar-refractivity contribution in [2.24, 2.45) is 7.05 Å². The largest absolute Gasteiger partial charge is 0.368 e. The van der Waals surface area contributed by atoms with E-state index in [1.54, 1.807) is 17.7 Å². The molecule has 34 heavy (non-hydrogen) atoms. The number of thiophene rings is 1. The second-order valence-electron chi connectivity index (χ2n) is 8.17. The summed E-state index contributed by atoms with van der Waals surface area (Å²) < 4.78 is 1.94. The summed E-state index contributed by atoms with van der Waals surface area (Å²) in [5, 5.41) is 5.56. The van der Waals surface area contributed by atoms with Crippen molar-refractivity contribution in [2.75, 3.05) is 11.9 Å². The lowest BCUT2D eigenvalue weighted by Crippen LogP contribution is -2.06. The van der Waals surface area contributed by atoms with Crippen LogP contribution in [-0.2, 0) is 7.05 Å². The molecule has 0 unspecified atom stereocenters. The third-order valence-electron chi connectivity index (χ3n) is 5.74. The number of hydrogen-bond acceptors (Lipinski definition) is 5. The summed E-state index contributed by atoms with van der Waals surface area (Å²) in [5.41, 5.74) is 5.47. The maximum absolute atomic E-state index is 4.78. The van der Waals surface area contributed by atoms with Crippen LogP contribution in [0.15, 0.2) is 90.6 Å². The van der Waals surface area contributed by atoms with Gasteiger partial charge in [0.15, 0.2) is 17.3 Å². The van der Waals surface area contributed by atoms with E-state index in [0.717, 1.165) is 53.5 Å². The van der Waals surface area contributed by atoms with Gasteiger partial charge < -0.3 is 9.88 Å². The molecule has 0 aliphatic rings. The zero-order chi connectivity index (χ0) is 23.2. The van der Waals surface area contributed by atoms with Crippen molar-refractivity contribution < 1.29 is 0 Å². The lowest BCUT2D eigenvalue weighted by Gasteiger charge is -2.10. The van der Waals surface area contributed by atoms with E-state index in [9.17, 15) is 0 Å². The normalized spacial score (nSPS) is 11.0. The maximum Gasteiger partial charge on any atom is 0.173 e. The number of unbranched alkanes of at least 4 members (excludes halogenated alkanes) is 2. The summed E-state index contributed by atoms with van der Waals surface area (Å²) in [6.45, 7) is 0.840. The molecule has 0 saturated carbocycles. The first-order valence-corrected chi connectivity index (χ1v) is 12.5. The van der Waals surface area contributed by atoms with Gasteiger partial charge in [-0.15, -0.1) is 11.3 Å². The van der Waals surface area contributed by atoms with Crippen LogP contribution in [0.1, 0.15) is 30.4 Å². The van der Waals surface area contributed by atoms with E-state index < -0.39 is 0 Å². The Hall–Kier alpha value is -3.77. The zero-order valence-corrected chi connectivity index (χ0v) is 20.0. The molecule has 0 saturated heterocycles. The average Bonchev–Trinajstić information content (AvgIpc) is 3.55. The van der Waals surface area contributed by atoms with Gasteiger partial charge in [0.05, 0.1) is 11.2 Å². The highest BCUT2D eigenvalue weighted by Crippen LogP contribution is 2.27. The first-order valence-electron chi connectivity index (χ1n) is 11.6. The molecule has 5 nitrogen and oxygen atoms in total. The monoisotopic (exact) mass is 465 g/mol. The number of aromatic nitrogens is 4. The summed E-state index contributed by atoms with van der Waals surface area (Å²) in [5.74, 6) is 1.55. The van der Waals surface area contributed by atoms with Crippen molar-refractivity contribution in [2.45, 2.75) is 19.3 Å². The standard InChI is InChI=1S/C28H27N5S/c1-33-20-30-25-27(31-26(32-28(25)33)24-17-11-19-34-24)29-18-10-4-9-16-23(21-12-5-2-6-13-21)22-14-7-3-8-15-22/h2-3,5-8,11-17,19-20H,4,9-10,18H2,1H3,(H,29,31,32). The Morgan fingerprint density at radius 1 is 0.912 bits per heavy atom. The van der Waals surface area contributed by atoms with E-state index in [-0.39, 0.29) is 0 Å². The molecule has 3 heterocycles. The van der Waals surface area contributed by atoms with E-state index in [0.29, 0.717) is 0 Å². The number of anilines is 1. The second-order valence-corrected chi connectivity index (χ2v) is 9.12. The Bertz CT molecular complexity index is 1330. The van der Waals surface area contributed by atoms with E-state index >= 15 is 0 Å². The molecule has 170 valence electrons. The van der Waals surface area contributed by atoms with Gasteiger partial charge >= 0.3 is 0 Å². The van der Waals surface area contributed by atoms with E-state index in [1.165, 1.54) is 16.7 Å². The molecule has 0 radical (unpaired) electrons. The summed E-state index contributed by atoms with van der Waals surface area (Å²) in [7, 11) is 1.97. The van der Waals surface area contributed by atoms with Gasteiger partial charge in [-0.25, -0.2) is 15.0 Å². The first kappa shape index (κ1) is 22.0. The number of imidazole rings is 1. The van der Waals surface area contributed by atoms with Crippen molar-refractivity contribution in [3.8, 4) is 10.7 Å². The maximum atomic E-state index is 4.78. The SMILES string of the molecule is Cn1cnc2c(NCCCCC=C(c3ccccc3)c3ccccc3)nc(-c3cccs3)nc21. The Morgan fingerprint density at radius 2 is 1.65 bits per heavy atom. The highest BCUT2D eigenvalue weighted by atomic mass is 32.1. The molecule has 3 aromatic heterocycles. The average molecular weight is 466 g/mol. The predicted molar refractivity (Wildman–Crippen MR) is 142 cm³/mol. The van der Waals surface area contributed by atoms with Crippen molar-refractivity contribution in [3.05, 3.63) is 102 Å². The Morgan fingerprint density at radius 3 is 2.32 bits per heavy atom. The quantitative estimate of drug-likeness (QED) is 0.243. The zero-order valence-electron chi connectivity index (χ0n) is 19.2.